The first-order chi connectivity index (χ1) is 7.78. The first-order valence-corrected chi connectivity index (χ1v) is 6.76. The van der Waals surface area contributed by atoms with E-state index >= 15 is 0 Å². The van der Waals surface area contributed by atoms with E-state index in [9.17, 15) is 0 Å². The van der Waals surface area contributed by atoms with Crippen LogP contribution in [0.2, 0.25) is 0 Å². The van der Waals surface area contributed by atoms with Gasteiger partial charge in [0.2, 0.25) is 0 Å². The minimum absolute atomic E-state index is 0.524. The van der Waals surface area contributed by atoms with Crippen LogP contribution < -0.4 is 5.32 Å². The molecule has 1 N–H and O–H groups in total. The van der Waals surface area contributed by atoms with Gasteiger partial charge in [0, 0.05) is 30.0 Å². The van der Waals surface area contributed by atoms with Crippen molar-refractivity contribution in [3.8, 4) is 0 Å². The molecular formula is C14H23NO. The Balaban J connectivity index is 1.67. The van der Waals surface area contributed by atoms with Crippen molar-refractivity contribution in [1.82, 2.24) is 5.32 Å². The minimum Gasteiger partial charge on any atom is -0.377 e. The van der Waals surface area contributed by atoms with E-state index in [1.165, 1.54) is 25.7 Å². The van der Waals surface area contributed by atoms with Gasteiger partial charge >= 0.3 is 0 Å². The van der Waals surface area contributed by atoms with Crippen LogP contribution in [-0.2, 0) is 4.74 Å². The molecule has 4 atom stereocenters. The number of hydrogen-bond acceptors (Lipinski definition) is 2. The highest BCUT2D eigenvalue weighted by Crippen LogP contribution is 2.62. The summed E-state index contributed by atoms with van der Waals surface area (Å²) in [5, 5.41) is 3.83. The Kier molecular flexibility index (Phi) is 2.60. The van der Waals surface area contributed by atoms with E-state index < -0.39 is 0 Å². The van der Waals surface area contributed by atoms with Crippen LogP contribution in [0.5, 0.6) is 0 Å². The van der Waals surface area contributed by atoms with Crippen molar-refractivity contribution in [3.05, 3.63) is 12.7 Å². The summed E-state index contributed by atoms with van der Waals surface area (Å²) in [5.41, 5.74) is 0.524. The maximum atomic E-state index is 5.92. The zero-order valence-corrected chi connectivity index (χ0v) is 10.2. The standard InChI is InChI=1S/C14H23NO/c1-3-5-10(2)15-12-11-6-9-16-13(11)14(12)7-4-8-14/h3,10-13,15H,1,4-9H2,2H3. The summed E-state index contributed by atoms with van der Waals surface area (Å²) in [7, 11) is 0. The van der Waals surface area contributed by atoms with Gasteiger partial charge in [-0.25, -0.2) is 0 Å². The molecule has 1 heterocycles. The quantitative estimate of drug-likeness (QED) is 0.736. The van der Waals surface area contributed by atoms with E-state index in [1.54, 1.807) is 0 Å². The third kappa shape index (κ3) is 1.32. The van der Waals surface area contributed by atoms with E-state index in [0.29, 0.717) is 17.6 Å². The van der Waals surface area contributed by atoms with Crippen LogP contribution >= 0.6 is 0 Å². The molecule has 2 aliphatic carbocycles. The average Bonchev–Trinajstić information content (AvgIpc) is 2.58. The lowest BCUT2D eigenvalue weighted by Gasteiger charge is -2.64. The Labute approximate surface area is 98.4 Å². The highest BCUT2D eigenvalue weighted by molar-refractivity contribution is 5.18. The van der Waals surface area contributed by atoms with Gasteiger partial charge in [-0.2, -0.15) is 0 Å². The van der Waals surface area contributed by atoms with Crippen LogP contribution in [0.15, 0.2) is 12.7 Å². The fourth-order valence-electron chi connectivity index (χ4n) is 4.12. The molecule has 0 aromatic rings. The molecule has 2 heteroatoms. The maximum absolute atomic E-state index is 5.92. The summed E-state index contributed by atoms with van der Waals surface area (Å²) in [6.45, 7) is 7.09. The summed E-state index contributed by atoms with van der Waals surface area (Å²) < 4.78 is 5.92. The number of ether oxygens (including phenoxy) is 1. The molecule has 4 unspecified atom stereocenters. The Hall–Kier alpha value is -0.340. The second-order valence-electron chi connectivity index (χ2n) is 5.90. The summed E-state index contributed by atoms with van der Waals surface area (Å²) in [6, 6.07) is 1.30. The largest absolute Gasteiger partial charge is 0.377 e. The molecule has 90 valence electrons. The lowest BCUT2D eigenvalue weighted by atomic mass is 9.46. The Bertz CT molecular complexity index is 284. The molecule has 1 saturated heterocycles. The van der Waals surface area contributed by atoms with Gasteiger partial charge in [0.05, 0.1) is 6.10 Å². The van der Waals surface area contributed by atoms with Gasteiger partial charge in [0.15, 0.2) is 0 Å². The molecule has 3 rings (SSSR count). The van der Waals surface area contributed by atoms with E-state index in [4.69, 9.17) is 4.74 Å². The van der Waals surface area contributed by atoms with Crippen LogP contribution in [0.3, 0.4) is 0 Å². The second-order valence-corrected chi connectivity index (χ2v) is 5.90. The predicted octanol–water partition coefficient (Wildman–Crippen LogP) is 2.50. The van der Waals surface area contributed by atoms with E-state index in [0.717, 1.165) is 25.0 Å². The van der Waals surface area contributed by atoms with Crippen molar-refractivity contribution in [2.45, 2.75) is 57.2 Å². The van der Waals surface area contributed by atoms with Crippen molar-refractivity contribution in [3.63, 3.8) is 0 Å². The SMILES string of the molecule is C=CCC(C)NC1C2CCOC2C12CCC2. The maximum Gasteiger partial charge on any atom is 0.0690 e. The summed E-state index contributed by atoms with van der Waals surface area (Å²) in [5.74, 6) is 0.799. The number of nitrogens with one attached hydrogen (secondary N) is 1. The van der Waals surface area contributed by atoms with Crippen molar-refractivity contribution in [2.24, 2.45) is 11.3 Å². The smallest absolute Gasteiger partial charge is 0.0690 e. The summed E-state index contributed by atoms with van der Waals surface area (Å²) in [6.07, 6.45) is 9.12. The van der Waals surface area contributed by atoms with Crippen LogP contribution in [0.1, 0.15) is 39.0 Å². The fraction of sp³-hybridized carbons (Fsp3) is 0.857. The lowest BCUT2D eigenvalue weighted by Crippen LogP contribution is -2.71. The highest BCUT2D eigenvalue weighted by atomic mass is 16.5. The van der Waals surface area contributed by atoms with E-state index in [2.05, 4.69) is 18.8 Å². The van der Waals surface area contributed by atoms with Crippen molar-refractivity contribution < 1.29 is 4.74 Å². The van der Waals surface area contributed by atoms with Crippen molar-refractivity contribution in [2.75, 3.05) is 6.61 Å². The normalized spacial score (nSPS) is 40.9. The molecule has 1 spiro atoms. The molecule has 2 nitrogen and oxygen atoms in total. The van der Waals surface area contributed by atoms with Gasteiger partial charge in [-0.15, -0.1) is 6.58 Å². The topological polar surface area (TPSA) is 21.3 Å². The van der Waals surface area contributed by atoms with Gasteiger partial charge in [-0.1, -0.05) is 12.5 Å². The molecule has 2 saturated carbocycles. The van der Waals surface area contributed by atoms with Crippen LogP contribution in [0, 0.1) is 11.3 Å². The minimum atomic E-state index is 0.524. The molecule has 0 aromatic carbocycles. The van der Waals surface area contributed by atoms with E-state index in [-0.39, 0.29) is 0 Å². The molecule has 16 heavy (non-hydrogen) atoms. The van der Waals surface area contributed by atoms with Gasteiger partial charge in [0.25, 0.3) is 0 Å². The zero-order valence-electron chi connectivity index (χ0n) is 10.2. The third-order valence-corrected chi connectivity index (χ3v) is 5.02. The first-order valence-electron chi connectivity index (χ1n) is 6.76. The lowest BCUT2D eigenvalue weighted by molar-refractivity contribution is -0.177. The average molecular weight is 221 g/mol. The van der Waals surface area contributed by atoms with Crippen molar-refractivity contribution in [1.29, 1.82) is 0 Å². The Morgan fingerprint density at radius 2 is 2.38 bits per heavy atom. The Morgan fingerprint density at radius 3 is 3.00 bits per heavy atom. The Morgan fingerprint density at radius 1 is 1.56 bits per heavy atom. The van der Waals surface area contributed by atoms with Gasteiger partial charge in [-0.3, -0.25) is 0 Å². The number of fused-ring (bicyclic) bond motifs is 2. The monoisotopic (exact) mass is 221 g/mol. The molecule has 3 fully saturated rings. The van der Waals surface area contributed by atoms with Gasteiger partial charge in [0.1, 0.15) is 0 Å². The van der Waals surface area contributed by atoms with Crippen molar-refractivity contribution >= 4 is 0 Å². The first kappa shape index (κ1) is 10.8. The van der Waals surface area contributed by atoms with Gasteiger partial charge in [-0.05, 0) is 32.6 Å². The molecule has 0 radical (unpaired) electrons. The molecule has 0 aromatic heterocycles. The molecule has 0 bridgehead atoms. The third-order valence-electron chi connectivity index (χ3n) is 5.02. The van der Waals surface area contributed by atoms with Crippen LogP contribution in [0.4, 0.5) is 0 Å². The van der Waals surface area contributed by atoms with Crippen LogP contribution in [-0.4, -0.2) is 24.8 Å². The predicted molar refractivity (Wildman–Crippen MR) is 65.3 cm³/mol. The second kappa shape index (κ2) is 3.85. The highest BCUT2D eigenvalue weighted by Gasteiger charge is 2.66. The molecule has 0 amide bonds. The fourth-order valence-corrected chi connectivity index (χ4v) is 4.12. The zero-order chi connectivity index (χ0) is 11.2. The number of rotatable bonds is 4. The van der Waals surface area contributed by atoms with Crippen LogP contribution in [0.25, 0.3) is 0 Å². The summed E-state index contributed by atoms with van der Waals surface area (Å²) >= 11 is 0. The molecule has 1 aliphatic heterocycles. The van der Waals surface area contributed by atoms with Gasteiger partial charge < -0.3 is 10.1 Å². The summed E-state index contributed by atoms with van der Waals surface area (Å²) in [4.78, 5) is 0. The molecule has 3 aliphatic rings. The number of hydrogen-bond donors (Lipinski definition) is 1. The van der Waals surface area contributed by atoms with E-state index in [1.807, 2.05) is 6.08 Å². The molecular weight excluding hydrogens is 198 g/mol.